The molecule has 9 heteroatoms. The quantitative estimate of drug-likeness (QED) is 0.490. The first-order valence-electron chi connectivity index (χ1n) is 5.81. The van der Waals surface area contributed by atoms with Gasteiger partial charge in [-0.15, -0.1) is 21.8 Å². The number of thioether (sulfide) groups is 1. The van der Waals surface area contributed by atoms with Crippen LogP contribution in [0.3, 0.4) is 0 Å². The van der Waals surface area contributed by atoms with Crippen LogP contribution < -0.4 is 5.32 Å². The summed E-state index contributed by atoms with van der Waals surface area (Å²) in [5.74, 6) is -0.396. The lowest BCUT2D eigenvalue weighted by atomic mass is 10.2. The number of nitrogens with one attached hydrogen (secondary N) is 1. The van der Waals surface area contributed by atoms with Gasteiger partial charge in [-0.05, 0) is 18.6 Å². The number of benzene rings is 1. The number of nitrogens with zero attached hydrogens (tertiary/aromatic N) is 2. The summed E-state index contributed by atoms with van der Waals surface area (Å²) in [5, 5.41) is 10.1. The van der Waals surface area contributed by atoms with E-state index >= 15 is 0 Å². The van der Waals surface area contributed by atoms with E-state index in [0.29, 0.717) is 20.8 Å². The Labute approximate surface area is 139 Å². The van der Waals surface area contributed by atoms with Crippen molar-refractivity contribution >= 4 is 57.3 Å². The van der Waals surface area contributed by atoms with Crippen LogP contribution in [-0.4, -0.2) is 21.5 Å². The second-order valence-electron chi connectivity index (χ2n) is 3.98. The van der Waals surface area contributed by atoms with E-state index < -0.39 is 11.2 Å². The molecule has 0 saturated heterocycles. The molecule has 1 aromatic heterocycles. The van der Waals surface area contributed by atoms with Gasteiger partial charge in [-0.2, -0.15) is 0 Å². The molecule has 0 fully saturated rings. The molecule has 0 bridgehead atoms. The first-order valence-corrected chi connectivity index (χ1v) is 8.43. The number of hydrogen-bond acceptors (Lipinski definition) is 5. The fourth-order valence-electron chi connectivity index (χ4n) is 1.32. The predicted molar refractivity (Wildman–Crippen MR) is 84.8 cm³/mol. The number of anilines is 1. The third-order valence-corrected chi connectivity index (χ3v) is 4.89. The summed E-state index contributed by atoms with van der Waals surface area (Å²) in [6, 6.07) is 4.85. The van der Waals surface area contributed by atoms with E-state index in [4.69, 9.17) is 23.2 Å². The minimum absolute atomic E-state index is 0.0921. The van der Waals surface area contributed by atoms with Crippen molar-refractivity contribution in [3.63, 3.8) is 0 Å². The van der Waals surface area contributed by atoms with Crippen molar-refractivity contribution in [2.45, 2.75) is 22.4 Å². The summed E-state index contributed by atoms with van der Waals surface area (Å²) >= 11 is 13.9. The largest absolute Gasteiger partial charge is 0.299 e. The molecule has 1 heterocycles. The van der Waals surface area contributed by atoms with Gasteiger partial charge in [0.15, 0.2) is 4.34 Å². The van der Waals surface area contributed by atoms with Crippen molar-refractivity contribution < 1.29 is 9.18 Å². The second kappa shape index (κ2) is 7.40. The Morgan fingerprint density at radius 1 is 1.52 bits per heavy atom. The van der Waals surface area contributed by atoms with Crippen LogP contribution in [0, 0.1) is 5.82 Å². The second-order valence-corrected chi connectivity index (χ2v) is 7.24. The number of carbonyl (C=O) groups is 1. The van der Waals surface area contributed by atoms with Gasteiger partial charge in [-0.25, -0.2) is 4.39 Å². The molecule has 0 aliphatic carbocycles. The van der Waals surface area contributed by atoms with Crippen molar-refractivity contribution in [3.8, 4) is 0 Å². The number of amides is 1. The molecule has 1 aromatic carbocycles. The average Bonchev–Trinajstić information content (AvgIpc) is 2.88. The highest BCUT2D eigenvalue weighted by Crippen LogP contribution is 2.30. The van der Waals surface area contributed by atoms with Gasteiger partial charge in [0.25, 0.3) is 0 Å². The van der Waals surface area contributed by atoms with Crippen molar-refractivity contribution in [2.75, 3.05) is 5.32 Å². The smallest absolute Gasteiger partial charge is 0.243 e. The molecule has 0 saturated carbocycles. The molecular weight excluding hydrogens is 356 g/mol. The number of halogens is 3. The molecule has 21 heavy (non-hydrogen) atoms. The maximum atomic E-state index is 13.7. The standard InChI is InChI=1S/C12H10Cl2FN3OS2/c1-6(13)10(19)16-11-17-18-12(21-11)20-5-7-3-2-4-8(14)9(7)15/h2-4,6H,5H2,1H3,(H,16,17,19)/t6-/m0/s1. The molecular formula is C12H10Cl2FN3OS2. The number of rotatable bonds is 5. The molecule has 0 radical (unpaired) electrons. The van der Waals surface area contributed by atoms with Gasteiger partial charge in [0.2, 0.25) is 11.0 Å². The van der Waals surface area contributed by atoms with Crippen molar-refractivity contribution in [1.82, 2.24) is 10.2 Å². The topological polar surface area (TPSA) is 54.9 Å². The van der Waals surface area contributed by atoms with Crippen LogP contribution in [0.2, 0.25) is 5.02 Å². The molecule has 4 nitrogen and oxygen atoms in total. The van der Waals surface area contributed by atoms with Gasteiger partial charge in [0.1, 0.15) is 11.2 Å². The van der Waals surface area contributed by atoms with Crippen LogP contribution in [-0.2, 0) is 10.5 Å². The Morgan fingerprint density at radius 3 is 3.00 bits per heavy atom. The summed E-state index contributed by atoms with van der Waals surface area (Å²) in [4.78, 5) is 11.4. The summed E-state index contributed by atoms with van der Waals surface area (Å²) < 4.78 is 14.3. The summed E-state index contributed by atoms with van der Waals surface area (Å²) in [7, 11) is 0. The highest BCUT2D eigenvalue weighted by atomic mass is 35.5. The number of carbonyl (C=O) groups excluding carboxylic acids is 1. The van der Waals surface area contributed by atoms with Crippen LogP contribution in [0.4, 0.5) is 9.52 Å². The predicted octanol–water partition coefficient (Wildman–Crippen LogP) is 4.19. The normalized spacial score (nSPS) is 12.2. The van der Waals surface area contributed by atoms with Gasteiger partial charge in [-0.1, -0.05) is 46.8 Å². The monoisotopic (exact) mass is 365 g/mol. The van der Waals surface area contributed by atoms with Crippen molar-refractivity contribution in [2.24, 2.45) is 0 Å². The molecule has 0 unspecified atom stereocenters. The number of alkyl halides is 1. The molecule has 0 aliphatic rings. The third-order valence-electron chi connectivity index (χ3n) is 2.38. The van der Waals surface area contributed by atoms with E-state index in [9.17, 15) is 9.18 Å². The van der Waals surface area contributed by atoms with Gasteiger partial charge in [-0.3, -0.25) is 10.1 Å². The Kier molecular flexibility index (Phi) is 5.80. The van der Waals surface area contributed by atoms with Gasteiger partial charge < -0.3 is 0 Å². The highest BCUT2D eigenvalue weighted by molar-refractivity contribution is 8.00. The minimum atomic E-state index is -0.648. The first kappa shape index (κ1) is 16.5. The van der Waals surface area contributed by atoms with Gasteiger partial charge >= 0.3 is 0 Å². The zero-order valence-electron chi connectivity index (χ0n) is 10.8. The number of aromatic nitrogens is 2. The van der Waals surface area contributed by atoms with E-state index in [1.54, 1.807) is 19.1 Å². The molecule has 112 valence electrons. The minimum Gasteiger partial charge on any atom is -0.299 e. The van der Waals surface area contributed by atoms with Crippen LogP contribution >= 0.6 is 46.3 Å². The van der Waals surface area contributed by atoms with Crippen LogP contribution in [0.15, 0.2) is 22.5 Å². The lowest BCUT2D eigenvalue weighted by Gasteiger charge is -2.02. The van der Waals surface area contributed by atoms with Gasteiger partial charge in [0, 0.05) is 5.75 Å². The van der Waals surface area contributed by atoms with Crippen molar-refractivity contribution in [3.05, 3.63) is 34.6 Å². The van der Waals surface area contributed by atoms with Crippen LogP contribution in [0.1, 0.15) is 12.5 Å². The van der Waals surface area contributed by atoms with E-state index in [1.807, 2.05) is 0 Å². The molecule has 1 N–H and O–H groups in total. The van der Waals surface area contributed by atoms with Gasteiger partial charge in [0.05, 0.1) is 5.02 Å². The SMILES string of the molecule is C[C@H](Cl)C(=O)Nc1nnc(SCc2cccc(Cl)c2F)s1. The Bertz CT molecular complexity index is 651. The third kappa shape index (κ3) is 4.54. The Morgan fingerprint density at radius 2 is 2.29 bits per heavy atom. The van der Waals surface area contributed by atoms with E-state index in [2.05, 4.69) is 15.5 Å². The lowest BCUT2D eigenvalue weighted by Crippen LogP contribution is -2.20. The van der Waals surface area contributed by atoms with Crippen molar-refractivity contribution in [1.29, 1.82) is 0 Å². The maximum Gasteiger partial charge on any atom is 0.243 e. The fourth-order valence-corrected chi connectivity index (χ4v) is 3.30. The molecule has 0 aliphatic heterocycles. The molecule has 2 aromatic rings. The zero-order chi connectivity index (χ0) is 15.4. The average molecular weight is 366 g/mol. The molecule has 2 rings (SSSR count). The highest BCUT2D eigenvalue weighted by Gasteiger charge is 2.13. The maximum absolute atomic E-state index is 13.7. The molecule has 1 atom stereocenters. The van der Waals surface area contributed by atoms with E-state index in [1.165, 1.54) is 29.2 Å². The van der Waals surface area contributed by atoms with Crippen LogP contribution in [0.5, 0.6) is 0 Å². The van der Waals surface area contributed by atoms with E-state index in [0.717, 1.165) is 0 Å². The van der Waals surface area contributed by atoms with E-state index in [-0.39, 0.29) is 10.9 Å². The zero-order valence-corrected chi connectivity index (χ0v) is 13.9. The fraction of sp³-hybridized carbons (Fsp3) is 0.250. The summed E-state index contributed by atoms with van der Waals surface area (Å²) in [6.45, 7) is 1.56. The lowest BCUT2D eigenvalue weighted by molar-refractivity contribution is -0.115. The van der Waals surface area contributed by atoms with Crippen LogP contribution in [0.25, 0.3) is 0 Å². The number of hydrogen-bond donors (Lipinski definition) is 1. The molecule has 1 amide bonds. The summed E-state index contributed by atoms with van der Waals surface area (Å²) in [5.41, 5.74) is 0.489. The Balaban J connectivity index is 1.97. The first-order chi connectivity index (χ1) is 9.97. The Hall–Kier alpha value is -0.890. The molecule has 0 spiro atoms. The summed E-state index contributed by atoms with van der Waals surface area (Å²) in [6.07, 6.45) is 0.